The summed E-state index contributed by atoms with van der Waals surface area (Å²) in [5, 5.41) is 27.1. The van der Waals surface area contributed by atoms with Crippen LogP contribution in [0.25, 0.3) is 0 Å². The second-order valence-electron chi connectivity index (χ2n) is 8.67. The third-order valence-electron chi connectivity index (χ3n) is 6.00. The Bertz CT molecular complexity index is 815. The SMILES string of the molecule is CC[C@H](C)[C@H](N)C(=O)N[C@H](C(=O)N[C@H](C(=O)N[C@@H](Cc1c[nH]cn1)C(=O)O)[C@@H](C)O)[C@@H](C)CC. The monoisotopic (exact) mass is 482 g/mol. The van der Waals surface area contributed by atoms with Crippen molar-refractivity contribution in [2.75, 3.05) is 0 Å². The van der Waals surface area contributed by atoms with Crippen molar-refractivity contribution in [3.63, 3.8) is 0 Å². The number of carbonyl (C=O) groups is 4. The Labute approximate surface area is 199 Å². The maximum Gasteiger partial charge on any atom is 0.326 e. The van der Waals surface area contributed by atoms with E-state index in [1.165, 1.54) is 19.4 Å². The van der Waals surface area contributed by atoms with E-state index in [0.717, 1.165) is 0 Å². The van der Waals surface area contributed by atoms with Gasteiger partial charge in [0.05, 0.1) is 24.2 Å². The number of hydrogen-bond acceptors (Lipinski definition) is 7. The summed E-state index contributed by atoms with van der Waals surface area (Å²) in [6.45, 7) is 8.64. The lowest BCUT2D eigenvalue weighted by molar-refractivity contribution is -0.143. The Balaban J connectivity index is 2.97. The zero-order valence-corrected chi connectivity index (χ0v) is 20.4. The Morgan fingerprint density at radius 1 is 0.971 bits per heavy atom. The van der Waals surface area contributed by atoms with Gasteiger partial charge in [-0.05, 0) is 18.8 Å². The standard InChI is InChI=1S/C22H38N6O6/c1-6-11(3)16(23)19(30)27-17(12(4)7-2)20(31)28-18(13(5)29)21(32)26-15(22(33)34)8-14-9-24-10-25-14/h9-13,15-18,29H,6-8,23H2,1-5H3,(H,24,25)(H,26,32)(H,27,30)(H,28,31)(H,33,34)/t11-,12-,13+,15-,16-,17-,18-/m0/s1. The molecule has 0 radical (unpaired) electrons. The number of H-pyrrole nitrogens is 1. The van der Waals surface area contributed by atoms with Crippen molar-refractivity contribution in [3.8, 4) is 0 Å². The normalized spacial score (nSPS) is 17.4. The van der Waals surface area contributed by atoms with Crippen LogP contribution in [-0.2, 0) is 25.6 Å². The van der Waals surface area contributed by atoms with Gasteiger partial charge >= 0.3 is 5.97 Å². The second-order valence-corrected chi connectivity index (χ2v) is 8.67. The first kappa shape index (κ1) is 29.0. The van der Waals surface area contributed by atoms with Crippen molar-refractivity contribution < 1.29 is 29.4 Å². The molecule has 0 bridgehead atoms. The number of nitrogens with two attached hydrogens (primary N) is 1. The summed E-state index contributed by atoms with van der Waals surface area (Å²) in [5.74, 6) is -3.74. The molecule has 7 atom stereocenters. The van der Waals surface area contributed by atoms with Gasteiger partial charge in [0.1, 0.15) is 18.1 Å². The van der Waals surface area contributed by atoms with E-state index in [9.17, 15) is 29.4 Å². The van der Waals surface area contributed by atoms with Crippen LogP contribution >= 0.6 is 0 Å². The van der Waals surface area contributed by atoms with Gasteiger partial charge in [-0.2, -0.15) is 0 Å². The molecule has 0 unspecified atom stereocenters. The first-order valence-electron chi connectivity index (χ1n) is 11.5. The van der Waals surface area contributed by atoms with E-state index in [-0.39, 0.29) is 18.3 Å². The molecule has 0 spiro atoms. The van der Waals surface area contributed by atoms with Crippen LogP contribution in [0.5, 0.6) is 0 Å². The fourth-order valence-corrected chi connectivity index (χ4v) is 3.19. The minimum absolute atomic E-state index is 0.0932. The number of rotatable bonds is 14. The van der Waals surface area contributed by atoms with Gasteiger partial charge in [0.2, 0.25) is 17.7 Å². The molecule has 0 fully saturated rings. The smallest absolute Gasteiger partial charge is 0.326 e. The zero-order valence-electron chi connectivity index (χ0n) is 20.4. The van der Waals surface area contributed by atoms with Crippen molar-refractivity contribution in [1.29, 1.82) is 0 Å². The van der Waals surface area contributed by atoms with Crippen molar-refractivity contribution in [2.24, 2.45) is 17.6 Å². The Morgan fingerprint density at radius 2 is 1.53 bits per heavy atom. The van der Waals surface area contributed by atoms with Gasteiger partial charge < -0.3 is 36.9 Å². The van der Waals surface area contributed by atoms with E-state index >= 15 is 0 Å². The summed E-state index contributed by atoms with van der Waals surface area (Å²) < 4.78 is 0. The predicted octanol–water partition coefficient (Wildman–Crippen LogP) is -0.708. The molecule has 1 aromatic heterocycles. The first-order valence-corrected chi connectivity index (χ1v) is 11.5. The number of aromatic nitrogens is 2. The average Bonchev–Trinajstić information content (AvgIpc) is 3.31. The number of aliphatic hydroxyl groups excluding tert-OH is 1. The van der Waals surface area contributed by atoms with Gasteiger partial charge in [-0.15, -0.1) is 0 Å². The van der Waals surface area contributed by atoms with Gasteiger partial charge in [-0.1, -0.05) is 40.5 Å². The number of carboxylic acid groups (broad SMARTS) is 1. The molecular formula is C22H38N6O6. The minimum Gasteiger partial charge on any atom is -0.480 e. The summed E-state index contributed by atoms with van der Waals surface area (Å²) in [6, 6.07) is -4.58. The second kappa shape index (κ2) is 13.7. The summed E-state index contributed by atoms with van der Waals surface area (Å²) in [5.41, 5.74) is 6.41. The minimum atomic E-state index is -1.44. The molecule has 0 aliphatic heterocycles. The van der Waals surface area contributed by atoms with Gasteiger partial charge in [0, 0.05) is 12.6 Å². The number of nitrogens with zero attached hydrogens (tertiary/aromatic N) is 1. The lowest BCUT2D eigenvalue weighted by Crippen LogP contribution is -2.61. The van der Waals surface area contributed by atoms with Crippen molar-refractivity contribution in [3.05, 3.63) is 18.2 Å². The molecule has 0 aliphatic rings. The van der Waals surface area contributed by atoms with Gasteiger partial charge in [-0.3, -0.25) is 14.4 Å². The highest BCUT2D eigenvalue weighted by atomic mass is 16.4. The number of aliphatic carboxylic acids is 1. The zero-order chi connectivity index (χ0) is 26.0. The highest BCUT2D eigenvalue weighted by Gasteiger charge is 2.35. The fraction of sp³-hybridized carbons (Fsp3) is 0.682. The number of nitrogens with one attached hydrogen (secondary N) is 4. The molecule has 3 amide bonds. The maximum atomic E-state index is 13.0. The molecule has 8 N–H and O–H groups in total. The molecule has 12 nitrogen and oxygen atoms in total. The van der Waals surface area contributed by atoms with Crippen LogP contribution in [0.1, 0.15) is 53.2 Å². The first-order chi connectivity index (χ1) is 15.9. The highest BCUT2D eigenvalue weighted by molar-refractivity contribution is 5.94. The van der Waals surface area contributed by atoms with Crippen LogP contribution in [0.2, 0.25) is 0 Å². The van der Waals surface area contributed by atoms with Crippen LogP contribution in [0.15, 0.2) is 12.5 Å². The third-order valence-corrected chi connectivity index (χ3v) is 6.00. The molecule has 192 valence electrons. The average molecular weight is 483 g/mol. The van der Waals surface area contributed by atoms with Gasteiger partial charge in [0.15, 0.2) is 0 Å². The number of carbonyl (C=O) groups excluding carboxylic acids is 3. The molecule has 0 aromatic carbocycles. The molecular weight excluding hydrogens is 444 g/mol. The van der Waals surface area contributed by atoms with E-state index in [1.54, 1.807) is 6.92 Å². The molecule has 34 heavy (non-hydrogen) atoms. The topological polar surface area (TPSA) is 200 Å². The molecule has 12 heteroatoms. The highest BCUT2D eigenvalue weighted by Crippen LogP contribution is 2.12. The quantitative estimate of drug-likeness (QED) is 0.180. The summed E-state index contributed by atoms with van der Waals surface area (Å²) in [4.78, 5) is 56.7. The van der Waals surface area contributed by atoms with Crippen molar-refractivity contribution in [1.82, 2.24) is 25.9 Å². The summed E-state index contributed by atoms with van der Waals surface area (Å²) >= 11 is 0. The molecule has 0 aliphatic carbocycles. The number of imidazole rings is 1. The summed E-state index contributed by atoms with van der Waals surface area (Å²) in [6.07, 6.45) is 2.68. The number of aromatic amines is 1. The van der Waals surface area contributed by atoms with Crippen molar-refractivity contribution in [2.45, 2.75) is 84.2 Å². The van der Waals surface area contributed by atoms with Crippen LogP contribution in [0.4, 0.5) is 0 Å². The van der Waals surface area contributed by atoms with E-state index < -0.39 is 54.0 Å². The van der Waals surface area contributed by atoms with Crippen LogP contribution in [0, 0.1) is 11.8 Å². The van der Waals surface area contributed by atoms with Crippen LogP contribution < -0.4 is 21.7 Å². The number of amides is 3. The lowest BCUT2D eigenvalue weighted by atomic mass is 9.95. The fourth-order valence-electron chi connectivity index (χ4n) is 3.19. The van der Waals surface area contributed by atoms with Crippen molar-refractivity contribution >= 4 is 23.7 Å². The largest absolute Gasteiger partial charge is 0.480 e. The van der Waals surface area contributed by atoms with E-state index in [2.05, 4.69) is 25.9 Å². The summed E-state index contributed by atoms with van der Waals surface area (Å²) in [7, 11) is 0. The number of hydrogen-bond donors (Lipinski definition) is 7. The Kier molecular flexibility index (Phi) is 11.7. The van der Waals surface area contributed by atoms with Crippen LogP contribution in [0.3, 0.4) is 0 Å². The van der Waals surface area contributed by atoms with E-state index in [4.69, 9.17) is 5.73 Å². The van der Waals surface area contributed by atoms with Crippen LogP contribution in [-0.4, -0.2) is 74.1 Å². The molecule has 1 rings (SSSR count). The lowest BCUT2D eigenvalue weighted by Gasteiger charge is -2.29. The van der Waals surface area contributed by atoms with Gasteiger partial charge in [0.25, 0.3) is 0 Å². The number of carboxylic acids is 1. The Morgan fingerprint density at radius 3 is 2.00 bits per heavy atom. The van der Waals surface area contributed by atoms with Gasteiger partial charge in [-0.25, -0.2) is 9.78 Å². The third kappa shape index (κ3) is 8.41. The Hall–Kier alpha value is -2.99. The maximum absolute atomic E-state index is 13.0. The molecule has 1 aromatic rings. The molecule has 1 heterocycles. The molecule has 0 saturated heterocycles. The van der Waals surface area contributed by atoms with E-state index in [1.807, 2.05) is 20.8 Å². The predicted molar refractivity (Wildman–Crippen MR) is 124 cm³/mol. The molecule has 0 saturated carbocycles. The van der Waals surface area contributed by atoms with E-state index in [0.29, 0.717) is 18.5 Å². The number of aliphatic hydroxyl groups is 1.